The molecule has 5 nitrogen and oxygen atoms in total. The molecule has 21 heavy (non-hydrogen) atoms. The fraction of sp³-hybridized carbons (Fsp3) is 0.562. The summed E-state index contributed by atoms with van der Waals surface area (Å²) in [5, 5.41) is 12.1. The van der Waals surface area contributed by atoms with Gasteiger partial charge in [-0.15, -0.1) is 0 Å². The lowest BCUT2D eigenvalue weighted by Gasteiger charge is -2.25. The van der Waals surface area contributed by atoms with Crippen LogP contribution in [-0.2, 0) is 22.6 Å². The highest BCUT2D eigenvalue weighted by Crippen LogP contribution is 2.30. The van der Waals surface area contributed by atoms with Crippen LogP contribution in [0.25, 0.3) is 0 Å². The second kappa shape index (κ2) is 7.76. The molecule has 0 aliphatic rings. The van der Waals surface area contributed by atoms with Crippen molar-refractivity contribution in [3.05, 3.63) is 29.6 Å². The summed E-state index contributed by atoms with van der Waals surface area (Å²) >= 11 is 0. The van der Waals surface area contributed by atoms with Crippen molar-refractivity contribution in [2.24, 2.45) is 5.41 Å². The van der Waals surface area contributed by atoms with E-state index < -0.39 is 11.4 Å². The maximum atomic E-state index is 12.1. The molecule has 0 bridgehead atoms. The number of aromatic nitrogens is 1. The third kappa shape index (κ3) is 4.28. The van der Waals surface area contributed by atoms with Crippen LogP contribution in [0.2, 0.25) is 0 Å². The van der Waals surface area contributed by atoms with Gasteiger partial charge in [0.2, 0.25) is 5.91 Å². The molecule has 0 saturated carbocycles. The van der Waals surface area contributed by atoms with Crippen LogP contribution in [0.5, 0.6) is 0 Å². The molecule has 1 aromatic heterocycles. The summed E-state index contributed by atoms with van der Waals surface area (Å²) in [5.74, 6) is -1.15. The zero-order valence-corrected chi connectivity index (χ0v) is 13.0. The zero-order valence-electron chi connectivity index (χ0n) is 13.0. The molecule has 116 valence electrons. The van der Waals surface area contributed by atoms with E-state index >= 15 is 0 Å². The number of carboxylic acid groups (broad SMARTS) is 1. The first-order chi connectivity index (χ1) is 9.99. The molecule has 0 spiro atoms. The average molecular weight is 292 g/mol. The van der Waals surface area contributed by atoms with Crippen molar-refractivity contribution in [2.75, 3.05) is 0 Å². The number of aryl methyl sites for hydroxylation is 1. The third-order valence-electron chi connectivity index (χ3n) is 4.12. The summed E-state index contributed by atoms with van der Waals surface area (Å²) in [4.78, 5) is 27.7. The quantitative estimate of drug-likeness (QED) is 0.771. The Morgan fingerprint density at radius 1 is 1.29 bits per heavy atom. The lowest BCUT2D eigenvalue weighted by atomic mass is 9.79. The molecule has 5 heteroatoms. The van der Waals surface area contributed by atoms with Gasteiger partial charge in [0.25, 0.3) is 0 Å². The average Bonchev–Trinajstić information content (AvgIpc) is 2.50. The summed E-state index contributed by atoms with van der Waals surface area (Å²) in [6, 6.07) is 3.85. The first-order valence-electron chi connectivity index (χ1n) is 7.42. The van der Waals surface area contributed by atoms with Crippen molar-refractivity contribution >= 4 is 11.9 Å². The van der Waals surface area contributed by atoms with E-state index in [-0.39, 0.29) is 12.3 Å². The molecule has 1 heterocycles. The van der Waals surface area contributed by atoms with E-state index in [2.05, 4.69) is 10.3 Å². The fourth-order valence-electron chi connectivity index (χ4n) is 2.38. The normalized spacial score (nSPS) is 11.2. The Morgan fingerprint density at radius 3 is 2.48 bits per heavy atom. The second-order valence-corrected chi connectivity index (χ2v) is 5.21. The first kappa shape index (κ1) is 17.1. The van der Waals surface area contributed by atoms with Crippen LogP contribution in [0.1, 0.15) is 51.3 Å². The summed E-state index contributed by atoms with van der Waals surface area (Å²) in [7, 11) is 0. The van der Waals surface area contributed by atoms with Gasteiger partial charge in [-0.2, -0.15) is 0 Å². The van der Waals surface area contributed by atoms with Gasteiger partial charge in [0.1, 0.15) is 0 Å². The molecule has 0 aliphatic heterocycles. The zero-order chi connectivity index (χ0) is 15.9. The highest BCUT2D eigenvalue weighted by atomic mass is 16.4. The Morgan fingerprint density at radius 2 is 1.95 bits per heavy atom. The van der Waals surface area contributed by atoms with Crippen molar-refractivity contribution in [1.29, 1.82) is 0 Å². The largest absolute Gasteiger partial charge is 0.481 e. The monoisotopic (exact) mass is 292 g/mol. The standard InChI is InChI=1S/C16H24N2O3/c1-4-12-8-7-9-17-13(12)11-18-14(19)10-16(5-2,6-3)15(20)21/h7-9H,4-6,10-11H2,1-3H3,(H,18,19)(H,20,21). The smallest absolute Gasteiger partial charge is 0.310 e. The van der Waals surface area contributed by atoms with E-state index in [9.17, 15) is 14.7 Å². The molecular weight excluding hydrogens is 268 g/mol. The maximum absolute atomic E-state index is 12.1. The Bertz CT molecular complexity index is 496. The summed E-state index contributed by atoms with van der Waals surface area (Å²) in [5.41, 5.74) is 0.956. The van der Waals surface area contributed by atoms with Gasteiger partial charge in [-0.3, -0.25) is 14.6 Å². The number of nitrogens with zero attached hydrogens (tertiary/aromatic N) is 1. The number of aliphatic carboxylic acids is 1. The van der Waals surface area contributed by atoms with Crippen molar-refractivity contribution in [2.45, 2.75) is 53.0 Å². The topological polar surface area (TPSA) is 79.3 Å². The molecular formula is C16H24N2O3. The minimum Gasteiger partial charge on any atom is -0.481 e. The van der Waals surface area contributed by atoms with Crippen LogP contribution in [0.4, 0.5) is 0 Å². The number of carbonyl (C=O) groups excluding carboxylic acids is 1. The molecule has 0 radical (unpaired) electrons. The molecule has 1 amide bonds. The number of nitrogens with one attached hydrogen (secondary N) is 1. The highest BCUT2D eigenvalue weighted by Gasteiger charge is 2.37. The molecule has 0 unspecified atom stereocenters. The van der Waals surface area contributed by atoms with Crippen LogP contribution in [0.3, 0.4) is 0 Å². The molecule has 0 aromatic carbocycles. The van der Waals surface area contributed by atoms with E-state index in [1.54, 1.807) is 20.0 Å². The number of amides is 1. The Balaban J connectivity index is 2.67. The number of hydrogen-bond acceptors (Lipinski definition) is 3. The third-order valence-corrected chi connectivity index (χ3v) is 4.12. The van der Waals surface area contributed by atoms with Gasteiger partial charge in [0.05, 0.1) is 17.7 Å². The minimum atomic E-state index is -0.970. The summed E-state index contributed by atoms with van der Waals surface area (Å²) in [6.07, 6.45) is 3.43. The number of carbonyl (C=O) groups is 2. The van der Waals surface area contributed by atoms with E-state index in [0.29, 0.717) is 19.4 Å². The SMILES string of the molecule is CCc1cccnc1CNC(=O)CC(CC)(CC)C(=O)O. The number of rotatable bonds is 8. The number of carboxylic acids is 1. The van der Waals surface area contributed by atoms with E-state index in [0.717, 1.165) is 17.7 Å². The van der Waals surface area contributed by atoms with Crippen LogP contribution in [-0.4, -0.2) is 22.0 Å². The van der Waals surface area contributed by atoms with Crippen molar-refractivity contribution in [3.8, 4) is 0 Å². The van der Waals surface area contributed by atoms with Gasteiger partial charge >= 0.3 is 5.97 Å². The van der Waals surface area contributed by atoms with E-state index in [1.807, 2.05) is 19.1 Å². The van der Waals surface area contributed by atoms with Gasteiger partial charge < -0.3 is 10.4 Å². The van der Waals surface area contributed by atoms with E-state index in [1.165, 1.54) is 0 Å². The maximum Gasteiger partial charge on any atom is 0.310 e. The summed E-state index contributed by atoms with van der Waals surface area (Å²) < 4.78 is 0. The van der Waals surface area contributed by atoms with Crippen LogP contribution < -0.4 is 5.32 Å². The van der Waals surface area contributed by atoms with Crippen LogP contribution >= 0.6 is 0 Å². The highest BCUT2D eigenvalue weighted by molar-refractivity contribution is 5.84. The molecule has 0 aliphatic carbocycles. The molecule has 1 rings (SSSR count). The summed E-state index contributed by atoms with van der Waals surface area (Å²) in [6.45, 7) is 5.98. The minimum absolute atomic E-state index is 0.00360. The Kier molecular flexibility index (Phi) is 6.34. The van der Waals surface area contributed by atoms with Crippen molar-refractivity contribution in [3.63, 3.8) is 0 Å². The lowest BCUT2D eigenvalue weighted by molar-refractivity contribution is -0.152. The van der Waals surface area contributed by atoms with Crippen molar-refractivity contribution in [1.82, 2.24) is 10.3 Å². The Hall–Kier alpha value is -1.91. The van der Waals surface area contributed by atoms with Gasteiger partial charge in [-0.05, 0) is 30.9 Å². The lowest BCUT2D eigenvalue weighted by Crippen LogP contribution is -2.36. The predicted octanol–water partition coefficient (Wildman–Crippen LogP) is 2.54. The van der Waals surface area contributed by atoms with Gasteiger partial charge in [0, 0.05) is 12.6 Å². The molecule has 0 fully saturated rings. The van der Waals surface area contributed by atoms with Gasteiger partial charge in [-0.1, -0.05) is 26.8 Å². The fourth-order valence-corrected chi connectivity index (χ4v) is 2.38. The number of hydrogen-bond donors (Lipinski definition) is 2. The molecule has 0 saturated heterocycles. The van der Waals surface area contributed by atoms with E-state index in [4.69, 9.17) is 0 Å². The van der Waals surface area contributed by atoms with Crippen LogP contribution in [0.15, 0.2) is 18.3 Å². The second-order valence-electron chi connectivity index (χ2n) is 5.21. The van der Waals surface area contributed by atoms with Gasteiger partial charge in [-0.25, -0.2) is 0 Å². The van der Waals surface area contributed by atoms with Gasteiger partial charge in [0.15, 0.2) is 0 Å². The molecule has 2 N–H and O–H groups in total. The predicted molar refractivity (Wildman–Crippen MR) is 80.7 cm³/mol. The number of pyridine rings is 1. The van der Waals surface area contributed by atoms with Crippen molar-refractivity contribution < 1.29 is 14.7 Å². The Labute approximate surface area is 125 Å². The molecule has 1 aromatic rings. The first-order valence-corrected chi connectivity index (χ1v) is 7.42. The van der Waals surface area contributed by atoms with Crippen LogP contribution in [0, 0.1) is 5.41 Å². The molecule has 0 atom stereocenters.